The van der Waals surface area contributed by atoms with Crippen molar-refractivity contribution in [3.8, 4) is 0 Å². The second-order valence-corrected chi connectivity index (χ2v) is 6.55. The second kappa shape index (κ2) is 5.69. The van der Waals surface area contributed by atoms with Gasteiger partial charge in [-0.3, -0.25) is 9.88 Å². The molecule has 20 heavy (non-hydrogen) atoms. The molecular weight excluding hydrogens is 254 g/mol. The number of H-pyrrole nitrogens is 1. The van der Waals surface area contributed by atoms with Gasteiger partial charge in [0.25, 0.3) is 0 Å². The molecule has 1 atom stereocenters. The normalized spacial score (nSPS) is 23.9. The van der Waals surface area contributed by atoms with Gasteiger partial charge in [-0.25, -0.2) is 9.48 Å². The van der Waals surface area contributed by atoms with Gasteiger partial charge in [0.2, 0.25) is 0 Å². The Morgan fingerprint density at radius 1 is 1.30 bits per heavy atom. The predicted molar refractivity (Wildman–Crippen MR) is 77.4 cm³/mol. The summed E-state index contributed by atoms with van der Waals surface area (Å²) in [6.45, 7) is 5.46. The van der Waals surface area contributed by atoms with E-state index in [1.165, 1.54) is 37.0 Å². The van der Waals surface area contributed by atoms with Gasteiger partial charge >= 0.3 is 5.69 Å². The smallest absolute Gasteiger partial charge is 0.306 e. The Labute approximate surface area is 119 Å². The highest BCUT2D eigenvalue weighted by atomic mass is 16.1. The summed E-state index contributed by atoms with van der Waals surface area (Å²) in [5.41, 5.74) is -0.125. The number of likely N-dealkylation sites (tertiary alicyclic amines) is 1. The third kappa shape index (κ3) is 3.49. The third-order valence-corrected chi connectivity index (χ3v) is 4.40. The van der Waals surface area contributed by atoms with E-state index in [0.29, 0.717) is 0 Å². The van der Waals surface area contributed by atoms with Crippen LogP contribution in [-0.2, 0) is 13.6 Å². The minimum atomic E-state index is -0.125. The van der Waals surface area contributed by atoms with Gasteiger partial charge in [0.15, 0.2) is 0 Å². The number of hydrogen-bond donors (Lipinski definition) is 1. The number of nitrogens with zero attached hydrogens (tertiary/aromatic N) is 4. The highest BCUT2D eigenvalue weighted by molar-refractivity contribution is 4.86. The molecule has 6 nitrogen and oxygen atoms in total. The topological polar surface area (TPSA) is 57.2 Å². The molecule has 2 aliphatic rings. The summed E-state index contributed by atoms with van der Waals surface area (Å²) in [6.07, 6.45) is 4.11. The molecule has 0 radical (unpaired) electrons. The fourth-order valence-electron chi connectivity index (χ4n) is 3.20. The van der Waals surface area contributed by atoms with Gasteiger partial charge in [-0.05, 0) is 44.7 Å². The van der Waals surface area contributed by atoms with E-state index in [4.69, 9.17) is 0 Å². The van der Waals surface area contributed by atoms with Crippen molar-refractivity contribution in [2.45, 2.75) is 25.8 Å². The summed E-state index contributed by atoms with van der Waals surface area (Å²) >= 11 is 0. The van der Waals surface area contributed by atoms with Crippen LogP contribution in [0.15, 0.2) is 4.79 Å². The number of aromatic nitrogens is 3. The van der Waals surface area contributed by atoms with Crippen molar-refractivity contribution < 1.29 is 0 Å². The molecule has 1 aromatic heterocycles. The predicted octanol–water partition coefficient (Wildman–Crippen LogP) is 0.272. The van der Waals surface area contributed by atoms with Crippen molar-refractivity contribution in [2.75, 3.05) is 33.2 Å². The number of nitrogens with one attached hydrogen (secondary N) is 1. The highest BCUT2D eigenvalue weighted by Gasteiger charge is 2.27. The minimum Gasteiger partial charge on any atom is -0.306 e. The van der Waals surface area contributed by atoms with E-state index >= 15 is 0 Å². The Bertz CT molecular complexity index is 504. The lowest BCUT2D eigenvalue weighted by Gasteiger charge is -2.21. The quantitative estimate of drug-likeness (QED) is 0.812. The van der Waals surface area contributed by atoms with Crippen LogP contribution in [0.25, 0.3) is 0 Å². The molecule has 3 rings (SSSR count). The maximum Gasteiger partial charge on any atom is 0.343 e. The molecule has 0 spiro atoms. The molecular formula is C14H25N5O. The largest absolute Gasteiger partial charge is 0.343 e. The number of aryl methyl sites for hydroxylation is 1. The van der Waals surface area contributed by atoms with Crippen LogP contribution in [0.1, 0.15) is 25.1 Å². The van der Waals surface area contributed by atoms with Crippen LogP contribution in [-0.4, -0.2) is 57.8 Å². The summed E-state index contributed by atoms with van der Waals surface area (Å²) < 4.78 is 1.37. The van der Waals surface area contributed by atoms with E-state index < -0.39 is 0 Å². The summed E-state index contributed by atoms with van der Waals surface area (Å²) in [4.78, 5) is 19.0. The molecule has 1 N–H and O–H groups in total. The zero-order valence-electron chi connectivity index (χ0n) is 12.5. The summed E-state index contributed by atoms with van der Waals surface area (Å²) in [6, 6.07) is 0. The van der Waals surface area contributed by atoms with Gasteiger partial charge in [-0.2, -0.15) is 5.10 Å². The van der Waals surface area contributed by atoms with Crippen molar-refractivity contribution in [1.29, 1.82) is 0 Å². The second-order valence-electron chi connectivity index (χ2n) is 6.55. The highest BCUT2D eigenvalue weighted by Crippen LogP contribution is 2.30. The van der Waals surface area contributed by atoms with Gasteiger partial charge < -0.3 is 4.90 Å². The van der Waals surface area contributed by atoms with Crippen molar-refractivity contribution >= 4 is 0 Å². The van der Waals surface area contributed by atoms with Crippen LogP contribution >= 0.6 is 0 Å². The van der Waals surface area contributed by atoms with E-state index in [0.717, 1.165) is 37.3 Å². The molecule has 1 saturated carbocycles. The van der Waals surface area contributed by atoms with Crippen molar-refractivity contribution in [3.05, 3.63) is 16.3 Å². The lowest BCUT2D eigenvalue weighted by molar-refractivity contribution is 0.251. The molecule has 2 heterocycles. The molecule has 6 heteroatoms. The molecule has 0 aromatic carbocycles. The lowest BCUT2D eigenvalue weighted by atomic mass is 10.1. The Kier molecular flexibility index (Phi) is 3.94. The van der Waals surface area contributed by atoms with Crippen molar-refractivity contribution in [1.82, 2.24) is 24.6 Å². The molecule has 1 aromatic rings. The fraction of sp³-hybridized carbons (Fsp3) is 0.857. The lowest BCUT2D eigenvalue weighted by Crippen LogP contribution is -2.29. The Morgan fingerprint density at radius 3 is 2.70 bits per heavy atom. The number of rotatable bonds is 6. The third-order valence-electron chi connectivity index (χ3n) is 4.40. The molecule has 0 amide bonds. The van der Waals surface area contributed by atoms with Crippen LogP contribution in [0.4, 0.5) is 0 Å². The Balaban J connectivity index is 1.45. The van der Waals surface area contributed by atoms with E-state index in [2.05, 4.69) is 26.9 Å². The summed E-state index contributed by atoms with van der Waals surface area (Å²) in [7, 11) is 3.93. The first-order valence-corrected chi connectivity index (χ1v) is 7.63. The summed E-state index contributed by atoms with van der Waals surface area (Å²) in [5, 5.41) is 4.20. The van der Waals surface area contributed by atoms with Gasteiger partial charge in [0.1, 0.15) is 5.82 Å². The van der Waals surface area contributed by atoms with Gasteiger partial charge in [-0.15, -0.1) is 0 Å². The number of hydrogen-bond acceptors (Lipinski definition) is 4. The average Bonchev–Trinajstić information content (AvgIpc) is 2.99. The van der Waals surface area contributed by atoms with E-state index in [1.807, 2.05) is 0 Å². The molecule has 1 aliphatic carbocycles. The standard InChI is InChI=1S/C14H25N5O/c1-17(7-11-3-4-11)8-12-5-6-19(9-12)10-13-15-14(20)18(2)16-13/h11-12H,3-10H2,1-2H3,(H,15,16,20). The van der Waals surface area contributed by atoms with Crippen LogP contribution < -0.4 is 5.69 Å². The van der Waals surface area contributed by atoms with Crippen LogP contribution in [0.3, 0.4) is 0 Å². The first-order chi connectivity index (χ1) is 9.60. The van der Waals surface area contributed by atoms with Crippen molar-refractivity contribution in [2.24, 2.45) is 18.9 Å². The molecule has 1 saturated heterocycles. The molecule has 1 aliphatic heterocycles. The Hall–Kier alpha value is -1.14. The van der Waals surface area contributed by atoms with Gasteiger partial charge in [0, 0.05) is 26.7 Å². The van der Waals surface area contributed by atoms with E-state index in [9.17, 15) is 4.79 Å². The molecule has 1 unspecified atom stereocenters. The van der Waals surface area contributed by atoms with Gasteiger partial charge in [-0.1, -0.05) is 0 Å². The van der Waals surface area contributed by atoms with Crippen LogP contribution in [0.5, 0.6) is 0 Å². The molecule has 112 valence electrons. The zero-order valence-corrected chi connectivity index (χ0v) is 12.5. The average molecular weight is 279 g/mol. The SMILES string of the molecule is CN(CC1CC1)CC1CCN(Cc2nn(C)c(=O)[nH]2)C1. The molecule has 2 fully saturated rings. The minimum absolute atomic E-state index is 0.125. The number of aromatic amines is 1. The van der Waals surface area contributed by atoms with Gasteiger partial charge in [0.05, 0.1) is 6.54 Å². The zero-order chi connectivity index (χ0) is 14.1. The molecule has 0 bridgehead atoms. The van der Waals surface area contributed by atoms with E-state index in [-0.39, 0.29) is 5.69 Å². The van der Waals surface area contributed by atoms with Crippen LogP contribution in [0, 0.1) is 11.8 Å². The maximum atomic E-state index is 11.4. The summed E-state index contributed by atoms with van der Waals surface area (Å²) in [5.74, 6) is 2.51. The fourth-order valence-corrected chi connectivity index (χ4v) is 3.20. The van der Waals surface area contributed by atoms with Crippen molar-refractivity contribution in [3.63, 3.8) is 0 Å². The van der Waals surface area contributed by atoms with E-state index in [1.54, 1.807) is 7.05 Å². The monoisotopic (exact) mass is 279 g/mol. The van der Waals surface area contributed by atoms with Crippen LogP contribution in [0.2, 0.25) is 0 Å². The first-order valence-electron chi connectivity index (χ1n) is 7.63. The maximum absolute atomic E-state index is 11.4. The first kappa shape index (κ1) is 13.8. The Morgan fingerprint density at radius 2 is 2.05 bits per heavy atom.